The smallest absolute Gasteiger partial charge is 0.411 e. The van der Waals surface area contributed by atoms with Crippen molar-refractivity contribution >= 4 is 6.09 Å². The summed E-state index contributed by atoms with van der Waals surface area (Å²) in [5, 5.41) is 0. The van der Waals surface area contributed by atoms with Crippen LogP contribution in [0.5, 0.6) is 0 Å². The quantitative estimate of drug-likeness (QED) is 0.661. The number of hydrogen-bond donors (Lipinski definition) is 0. The van der Waals surface area contributed by atoms with Crippen molar-refractivity contribution in [1.82, 2.24) is 4.90 Å². The maximum absolute atomic E-state index is 12.4. The Bertz CT molecular complexity index is 779. The fourth-order valence-electron chi connectivity index (χ4n) is 3.45. The van der Waals surface area contributed by atoms with E-state index >= 15 is 0 Å². The van der Waals surface area contributed by atoms with Gasteiger partial charge >= 0.3 is 6.09 Å². The highest BCUT2D eigenvalue weighted by molar-refractivity contribution is 5.72. The van der Waals surface area contributed by atoms with Gasteiger partial charge in [-0.05, 0) is 58.2 Å². The summed E-state index contributed by atoms with van der Waals surface area (Å²) in [5.74, 6) is 6.51. The van der Waals surface area contributed by atoms with E-state index in [4.69, 9.17) is 4.74 Å². The number of nitrogens with zero attached hydrogens (tertiary/aromatic N) is 1. The second-order valence-corrected chi connectivity index (χ2v) is 7.93. The number of allylic oxidation sites excluding steroid dienone is 3. The number of cyclic esters (lactones) is 1. The molecule has 3 nitrogen and oxygen atoms in total. The van der Waals surface area contributed by atoms with Crippen LogP contribution in [0.25, 0.3) is 0 Å². The van der Waals surface area contributed by atoms with Crippen LogP contribution in [0.15, 0.2) is 54.1 Å². The third-order valence-corrected chi connectivity index (χ3v) is 4.99. The van der Waals surface area contributed by atoms with Crippen molar-refractivity contribution < 1.29 is 9.53 Å². The zero-order chi connectivity index (χ0) is 18.6. The Morgan fingerprint density at radius 3 is 2.54 bits per heavy atom. The number of carbonyl (C=O) groups is 1. The molecule has 0 saturated carbocycles. The first-order valence-corrected chi connectivity index (χ1v) is 9.35. The van der Waals surface area contributed by atoms with Gasteiger partial charge in [0, 0.05) is 11.1 Å². The Balaban J connectivity index is 1.84. The van der Waals surface area contributed by atoms with E-state index in [0.717, 1.165) is 36.8 Å². The Labute approximate surface area is 156 Å². The number of hydrogen-bond acceptors (Lipinski definition) is 2. The van der Waals surface area contributed by atoms with Crippen LogP contribution in [0.4, 0.5) is 4.79 Å². The summed E-state index contributed by atoms with van der Waals surface area (Å²) < 4.78 is 5.53. The molecule has 3 rings (SSSR count). The lowest BCUT2D eigenvalue weighted by Gasteiger charge is -2.35. The standard InChI is InChI=1S/C23H27NO2/c1-22(2)18-24(21(25)26-22)23(3)16-9-5-8-12-20(15-17-23)14-13-19-10-6-4-7-11-19/h4,6-7,10-12,15,17H,5,8-9,16,18H2,1-3H3/b17-15-,20-12-. The van der Waals surface area contributed by atoms with E-state index in [0.29, 0.717) is 6.54 Å². The molecular formula is C23H27NO2. The van der Waals surface area contributed by atoms with Gasteiger partial charge in [0.15, 0.2) is 0 Å². The van der Waals surface area contributed by atoms with Crippen LogP contribution >= 0.6 is 0 Å². The molecule has 0 bridgehead atoms. The zero-order valence-corrected chi connectivity index (χ0v) is 15.9. The van der Waals surface area contributed by atoms with Gasteiger partial charge in [-0.15, -0.1) is 0 Å². The zero-order valence-electron chi connectivity index (χ0n) is 15.9. The van der Waals surface area contributed by atoms with Gasteiger partial charge in [-0.2, -0.15) is 0 Å². The number of amides is 1. The second kappa shape index (κ2) is 7.41. The van der Waals surface area contributed by atoms with Crippen LogP contribution in [0.3, 0.4) is 0 Å². The molecule has 1 aliphatic carbocycles. The summed E-state index contributed by atoms with van der Waals surface area (Å²) in [6.45, 7) is 6.66. The molecule has 1 aromatic carbocycles. The second-order valence-electron chi connectivity index (χ2n) is 7.93. The molecule has 0 aromatic heterocycles. The third-order valence-electron chi connectivity index (χ3n) is 4.99. The monoisotopic (exact) mass is 349 g/mol. The molecule has 1 amide bonds. The van der Waals surface area contributed by atoms with Crippen LogP contribution in [-0.2, 0) is 4.74 Å². The molecule has 1 fully saturated rings. The minimum atomic E-state index is -0.432. The predicted molar refractivity (Wildman–Crippen MR) is 105 cm³/mol. The highest BCUT2D eigenvalue weighted by Gasteiger charge is 2.45. The fourth-order valence-corrected chi connectivity index (χ4v) is 3.45. The molecule has 1 aliphatic heterocycles. The molecule has 1 atom stereocenters. The van der Waals surface area contributed by atoms with Crippen molar-refractivity contribution in [3.05, 3.63) is 59.7 Å². The maximum atomic E-state index is 12.4. The van der Waals surface area contributed by atoms with E-state index < -0.39 is 5.60 Å². The van der Waals surface area contributed by atoms with Crippen LogP contribution in [0.1, 0.15) is 52.0 Å². The Morgan fingerprint density at radius 1 is 1.08 bits per heavy atom. The number of benzene rings is 1. The fraction of sp³-hybridized carbons (Fsp3) is 0.435. The Kier molecular flexibility index (Phi) is 5.23. The van der Waals surface area contributed by atoms with Crippen molar-refractivity contribution in [3.63, 3.8) is 0 Å². The van der Waals surface area contributed by atoms with Gasteiger partial charge in [-0.1, -0.05) is 48.6 Å². The van der Waals surface area contributed by atoms with Crippen LogP contribution in [0, 0.1) is 11.8 Å². The largest absolute Gasteiger partial charge is 0.441 e. The molecule has 2 aliphatic rings. The highest BCUT2D eigenvalue weighted by Crippen LogP contribution is 2.33. The summed E-state index contributed by atoms with van der Waals surface area (Å²) in [6, 6.07) is 10.0. The van der Waals surface area contributed by atoms with Crippen molar-refractivity contribution in [1.29, 1.82) is 0 Å². The summed E-state index contributed by atoms with van der Waals surface area (Å²) in [7, 11) is 0. The number of carbonyl (C=O) groups excluding carboxylic acids is 1. The minimum absolute atomic E-state index is 0.220. The van der Waals surface area contributed by atoms with Gasteiger partial charge < -0.3 is 4.74 Å². The van der Waals surface area contributed by atoms with E-state index in [1.165, 1.54) is 0 Å². The summed E-state index contributed by atoms with van der Waals surface area (Å²) in [6.07, 6.45) is 10.3. The number of rotatable bonds is 1. The van der Waals surface area contributed by atoms with Crippen molar-refractivity contribution in [2.45, 2.75) is 57.6 Å². The van der Waals surface area contributed by atoms with Crippen LogP contribution < -0.4 is 0 Å². The van der Waals surface area contributed by atoms with Crippen LogP contribution in [0.2, 0.25) is 0 Å². The lowest BCUT2D eigenvalue weighted by Crippen LogP contribution is -2.46. The minimum Gasteiger partial charge on any atom is -0.441 e. The van der Waals surface area contributed by atoms with Gasteiger partial charge in [0.05, 0.1) is 12.1 Å². The first-order chi connectivity index (χ1) is 12.4. The molecule has 26 heavy (non-hydrogen) atoms. The van der Waals surface area contributed by atoms with Gasteiger partial charge in [0.1, 0.15) is 5.60 Å². The van der Waals surface area contributed by atoms with Crippen molar-refractivity contribution in [2.75, 3.05) is 6.54 Å². The average molecular weight is 349 g/mol. The molecule has 3 heteroatoms. The van der Waals surface area contributed by atoms with E-state index in [9.17, 15) is 4.79 Å². The van der Waals surface area contributed by atoms with E-state index in [1.807, 2.05) is 49.1 Å². The first kappa shape index (κ1) is 18.3. The lowest BCUT2D eigenvalue weighted by atomic mass is 9.91. The maximum Gasteiger partial charge on any atom is 0.411 e. The molecular weight excluding hydrogens is 322 g/mol. The molecule has 1 saturated heterocycles. The van der Waals surface area contributed by atoms with Gasteiger partial charge in [-0.25, -0.2) is 4.79 Å². The lowest BCUT2D eigenvalue weighted by molar-refractivity contribution is 0.0844. The van der Waals surface area contributed by atoms with Crippen molar-refractivity contribution in [2.24, 2.45) is 0 Å². The van der Waals surface area contributed by atoms with Gasteiger partial charge in [0.2, 0.25) is 0 Å². The molecule has 1 heterocycles. The molecule has 0 radical (unpaired) electrons. The van der Waals surface area contributed by atoms with Crippen LogP contribution in [-0.4, -0.2) is 28.7 Å². The highest BCUT2D eigenvalue weighted by atomic mass is 16.6. The predicted octanol–water partition coefficient (Wildman–Crippen LogP) is 5.08. The third kappa shape index (κ3) is 4.38. The van der Waals surface area contributed by atoms with E-state index in [2.05, 4.69) is 37.0 Å². The summed E-state index contributed by atoms with van der Waals surface area (Å²) in [5.41, 5.74) is 1.24. The number of ether oxygens (including phenoxy) is 1. The van der Waals surface area contributed by atoms with E-state index in [-0.39, 0.29) is 11.6 Å². The molecule has 1 aromatic rings. The van der Waals surface area contributed by atoms with Gasteiger partial charge in [0.25, 0.3) is 0 Å². The molecule has 136 valence electrons. The Hall–Kier alpha value is -2.47. The topological polar surface area (TPSA) is 29.5 Å². The summed E-state index contributed by atoms with van der Waals surface area (Å²) >= 11 is 0. The van der Waals surface area contributed by atoms with Gasteiger partial charge in [-0.3, -0.25) is 4.90 Å². The average Bonchev–Trinajstić information content (AvgIpc) is 2.94. The van der Waals surface area contributed by atoms with Crippen molar-refractivity contribution in [3.8, 4) is 11.8 Å². The summed E-state index contributed by atoms with van der Waals surface area (Å²) in [4.78, 5) is 14.3. The van der Waals surface area contributed by atoms with E-state index in [1.54, 1.807) is 0 Å². The normalized spacial score (nSPS) is 28.5. The SMILES string of the molecule is CC1(C)CN(C2(C)/C=C\C(C#Cc3ccccc3)=C/CCCC2)C(=O)O1. The molecule has 0 N–H and O–H groups in total. The molecule has 1 unspecified atom stereocenters. The first-order valence-electron chi connectivity index (χ1n) is 9.35. The Morgan fingerprint density at radius 2 is 1.85 bits per heavy atom. The molecule has 0 spiro atoms.